The van der Waals surface area contributed by atoms with Crippen molar-refractivity contribution in [3.05, 3.63) is 0 Å². The molecule has 144 valence electrons. The van der Waals surface area contributed by atoms with Gasteiger partial charge in [0, 0.05) is 16.6 Å². The Morgan fingerprint density at radius 1 is 0.833 bits per heavy atom. The summed E-state index contributed by atoms with van der Waals surface area (Å²) >= 11 is 0. The summed E-state index contributed by atoms with van der Waals surface area (Å²) in [6.07, 6.45) is 11.0. The maximum Gasteiger partial charge on any atom is 0.0225 e. The van der Waals surface area contributed by atoms with E-state index in [9.17, 15) is 0 Å². The summed E-state index contributed by atoms with van der Waals surface area (Å²) in [5, 5.41) is 0. The van der Waals surface area contributed by atoms with Crippen LogP contribution in [0.15, 0.2) is 0 Å². The number of hydrogen-bond acceptors (Lipinski definition) is 1. The highest BCUT2D eigenvalue weighted by Crippen LogP contribution is 2.50. The fraction of sp³-hybridized carbons (Fsp3) is 1.00. The fourth-order valence-corrected chi connectivity index (χ4v) is 5.96. The Kier molecular flexibility index (Phi) is 7.04. The number of hydrogen-bond donors (Lipinski definition) is 0. The normalized spacial score (nSPS) is 21.1. The van der Waals surface area contributed by atoms with Crippen LogP contribution in [0.4, 0.5) is 0 Å². The average molecular weight is 339 g/mol. The highest BCUT2D eigenvalue weighted by molar-refractivity contribution is 5.05. The molecule has 1 aliphatic carbocycles. The van der Waals surface area contributed by atoms with Crippen LogP contribution in [-0.4, -0.2) is 21.5 Å². The Labute approximate surface area is 154 Å². The standard InChI is InChI=1S/C23H47N/c1-11-15-19(2)22(9,10)18-23(16-13-12-14-17-23)24(20(3,4)5)21(6,7)8/h19H,11-18H2,1-10H3/i24+1. The second-order valence-electron chi connectivity index (χ2n) is 11.3. The first-order chi connectivity index (χ1) is 10.8. The van der Waals surface area contributed by atoms with Gasteiger partial charge in [0.1, 0.15) is 0 Å². The van der Waals surface area contributed by atoms with Crippen molar-refractivity contribution in [3.8, 4) is 0 Å². The third kappa shape index (κ3) is 5.23. The van der Waals surface area contributed by atoms with E-state index >= 15 is 0 Å². The van der Waals surface area contributed by atoms with Crippen LogP contribution in [0.5, 0.6) is 0 Å². The van der Waals surface area contributed by atoms with Crippen molar-refractivity contribution in [2.24, 2.45) is 11.3 Å². The Hall–Kier alpha value is -0.0400. The van der Waals surface area contributed by atoms with E-state index in [2.05, 4.69) is 74.1 Å². The molecular formula is C23H47N. The third-order valence-electron chi connectivity index (χ3n) is 6.44. The van der Waals surface area contributed by atoms with Crippen molar-refractivity contribution < 1.29 is 0 Å². The molecule has 1 aliphatic rings. The van der Waals surface area contributed by atoms with Gasteiger partial charge < -0.3 is 0 Å². The Morgan fingerprint density at radius 2 is 1.29 bits per heavy atom. The van der Waals surface area contributed by atoms with E-state index in [1.807, 2.05) is 0 Å². The first-order valence-corrected chi connectivity index (χ1v) is 10.6. The lowest BCUT2D eigenvalue weighted by molar-refractivity contribution is -0.107. The minimum atomic E-state index is 0.208. The third-order valence-corrected chi connectivity index (χ3v) is 6.44. The van der Waals surface area contributed by atoms with Crippen molar-refractivity contribution in [1.82, 2.24) is 4.90 Å². The SMILES string of the molecule is CCCC(C)C(C)(C)CC1([15N](C(C)(C)C)C(C)(C)C)CCCCC1. The molecule has 1 rings (SSSR count). The largest absolute Gasteiger partial charge is 0.288 e. The van der Waals surface area contributed by atoms with Crippen molar-refractivity contribution in [1.29, 1.82) is 0 Å². The molecule has 0 spiro atoms. The molecule has 0 heterocycles. The highest BCUT2D eigenvalue weighted by atomic mass is 16.0. The van der Waals surface area contributed by atoms with Crippen LogP contribution in [0.3, 0.4) is 0 Å². The van der Waals surface area contributed by atoms with Crippen LogP contribution < -0.4 is 0 Å². The van der Waals surface area contributed by atoms with Gasteiger partial charge in [-0.05, 0) is 72.1 Å². The predicted molar refractivity (Wildman–Crippen MR) is 110 cm³/mol. The van der Waals surface area contributed by atoms with Crippen LogP contribution >= 0.6 is 0 Å². The van der Waals surface area contributed by atoms with E-state index in [1.54, 1.807) is 0 Å². The molecule has 24 heavy (non-hydrogen) atoms. The predicted octanol–water partition coefficient (Wildman–Crippen LogP) is 7.44. The molecule has 1 heteroatoms. The second-order valence-corrected chi connectivity index (χ2v) is 11.3. The lowest BCUT2D eigenvalue weighted by atomic mass is 9.65. The van der Waals surface area contributed by atoms with Crippen LogP contribution in [0, 0.1) is 11.3 Å². The summed E-state index contributed by atoms with van der Waals surface area (Å²) in [6, 6.07) is 0. The summed E-state index contributed by atoms with van der Waals surface area (Å²) in [5.74, 6) is 0.795. The van der Waals surface area contributed by atoms with Gasteiger partial charge in [-0.1, -0.05) is 59.8 Å². The number of rotatable bonds is 6. The van der Waals surface area contributed by atoms with E-state index in [-0.39, 0.29) is 11.1 Å². The molecule has 0 aliphatic heterocycles. The molecule has 0 bridgehead atoms. The maximum absolute atomic E-state index is 2.91. The minimum absolute atomic E-state index is 0.208. The minimum Gasteiger partial charge on any atom is -0.288 e. The Morgan fingerprint density at radius 3 is 1.67 bits per heavy atom. The molecule has 0 amide bonds. The summed E-state index contributed by atoms with van der Waals surface area (Å²) in [5.41, 5.74) is 1.18. The number of nitrogens with zero attached hydrogens (tertiary/aromatic N) is 1. The van der Waals surface area contributed by atoms with E-state index in [0.717, 1.165) is 5.92 Å². The van der Waals surface area contributed by atoms with Crippen LogP contribution in [-0.2, 0) is 0 Å². The zero-order valence-corrected chi connectivity index (χ0v) is 18.7. The zero-order valence-electron chi connectivity index (χ0n) is 18.7. The van der Waals surface area contributed by atoms with Gasteiger partial charge in [0.2, 0.25) is 0 Å². The van der Waals surface area contributed by atoms with Gasteiger partial charge in [-0.3, -0.25) is 4.90 Å². The summed E-state index contributed by atoms with van der Waals surface area (Å²) < 4.78 is 0. The molecule has 1 fully saturated rings. The summed E-state index contributed by atoms with van der Waals surface area (Å²) in [4.78, 5) is 2.91. The molecule has 0 aromatic carbocycles. The van der Waals surface area contributed by atoms with Gasteiger partial charge in [0.05, 0.1) is 0 Å². The van der Waals surface area contributed by atoms with Crippen molar-refractivity contribution in [3.63, 3.8) is 0 Å². The van der Waals surface area contributed by atoms with Gasteiger partial charge in [-0.15, -0.1) is 0 Å². The molecule has 0 radical (unpaired) electrons. The van der Waals surface area contributed by atoms with Crippen molar-refractivity contribution in [2.45, 2.75) is 137 Å². The van der Waals surface area contributed by atoms with E-state index in [0.29, 0.717) is 11.0 Å². The van der Waals surface area contributed by atoms with Gasteiger partial charge in [-0.25, -0.2) is 0 Å². The second kappa shape index (κ2) is 7.68. The molecule has 0 aromatic rings. The van der Waals surface area contributed by atoms with E-state index < -0.39 is 0 Å². The maximum atomic E-state index is 2.91. The van der Waals surface area contributed by atoms with Crippen LogP contribution in [0.2, 0.25) is 0 Å². The van der Waals surface area contributed by atoms with Gasteiger partial charge >= 0.3 is 0 Å². The summed E-state index contributed by atoms with van der Waals surface area (Å²) in [6.45, 7) is 24.5. The van der Waals surface area contributed by atoms with Gasteiger partial charge in [0.15, 0.2) is 0 Å². The molecule has 1 unspecified atom stereocenters. The highest BCUT2D eigenvalue weighted by Gasteiger charge is 2.50. The molecule has 0 N–H and O–H groups in total. The molecule has 0 saturated heterocycles. The van der Waals surface area contributed by atoms with Gasteiger partial charge in [-0.2, -0.15) is 0 Å². The van der Waals surface area contributed by atoms with Crippen LogP contribution in [0.25, 0.3) is 0 Å². The fourth-order valence-electron chi connectivity index (χ4n) is 5.96. The first-order valence-electron chi connectivity index (χ1n) is 10.6. The molecule has 1 atom stereocenters. The van der Waals surface area contributed by atoms with E-state index in [4.69, 9.17) is 0 Å². The zero-order chi connectivity index (χ0) is 18.8. The monoisotopic (exact) mass is 338 g/mol. The van der Waals surface area contributed by atoms with Crippen molar-refractivity contribution in [2.75, 3.05) is 0 Å². The molecular weight excluding hydrogens is 291 g/mol. The van der Waals surface area contributed by atoms with Crippen LogP contribution in [0.1, 0.15) is 121 Å². The average Bonchev–Trinajstić information content (AvgIpc) is 2.35. The molecule has 0 aromatic heterocycles. The lowest BCUT2D eigenvalue weighted by Gasteiger charge is -2.61. The smallest absolute Gasteiger partial charge is 0.0225 e. The Balaban J connectivity index is 3.27. The summed E-state index contributed by atoms with van der Waals surface area (Å²) in [7, 11) is 0. The quantitative estimate of drug-likeness (QED) is 0.455. The first kappa shape index (κ1) is 22.0. The lowest BCUT2D eigenvalue weighted by Crippen LogP contribution is -2.66. The molecule has 1 saturated carbocycles. The van der Waals surface area contributed by atoms with Gasteiger partial charge in [0.25, 0.3) is 0 Å². The van der Waals surface area contributed by atoms with Crippen molar-refractivity contribution >= 4 is 0 Å². The van der Waals surface area contributed by atoms with E-state index in [1.165, 1.54) is 51.4 Å². The topological polar surface area (TPSA) is 3.24 Å². The Bertz CT molecular complexity index is 360. The molecule has 1 nitrogen and oxygen atoms in total.